The fourth-order valence-corrected chi connectivity index (χ4v) is 3.27. The van der Waals surface area contributed by atoms with Gasteiger partial charge in [0.25, 0.3) is 0 Å². The van der Waals surface area contributed by atoms with Gasteiger partial charge in [-0.1, -0.05) is 52.0 Å². The van der Waals surface area contributed by atoms with E-state index in [1.165, 1.54) is 38.5 Å². The number of imidazole rings is 1. The molecule has 0 spiro atoms. The summed E-state index contributed by atoms with van der Waals surface area (Å²) in [7, 11) is 5.37. The molecule has 0 bridgehead atoms. The van der Waals surface area contributed by atoms with Crippen LogP contribution >= 0.6 is 0 Å². The number of unbranched alkanes of at least 4 members (excludes halogenated alkanes) is 1. The maximum Gasteiger partial charge on any atom is 0.329 e. The third-order valence-electron chi connectivity index (χ3n) is 5.35. The van der Waals surface area contributed by atoms with Crippen LogP contribution in [-0.4, -0.2) is 59.1 Å². The summed E-state index contributed by atoms with van der Waals surface area (Å²) in [4.78, 5) is 22.2. The number of carbonyl (C=O) groups is 1. The van der Waals surface area contributed by atoms with Gasteiger partial charge in [-0.2, -0.15) is 0 Å². The van der Waals surface area contributed by atoms with Crippen LogP contribution in [0.3, 0.4) is 0 Å². The van der Waals surface area contributed by atoms with Gasteiger partial charge in [-0.15, -0.1) is 0 Å². The topological polar surface area (TPSA) is 44.6 Å². The van der Waals surface area contributed by atoms with Crippen molar-refractivity contribution >= 4 is 17.5 Å². The second-order valence-electron chi connectivity index (χ2n) is 7.51. The maximum absolute atomic E-state index is 12.2. The molecule has 1 fully saturated rings. The average Bonchev–Trinajstić information content (AvgIpc) is 2.87. The van der Waals surface area contributed by atoms with Crippen LogP contribution in [0.4, 0.5) is 10.6 Å². The lowest BCUT2D eigenvalue weighted by molar-refractivity contribution is 0.230. The normalized spacial score (nSPS) is 17.3. The number of fused-ring (bicyclic) bond motifs is 1. The van der Waals surface area contributed by atoms with Crippen LogP contribution in [0.1, 0.15) is 63.9 Å². The summed E-state index contributed by atoms with van der Waals surface area (Å²) in [6, 6.07) is -0.130. The van der Waals surface area contributed by atoms with E-state index < -0.39 is 0 Å². The SMILES string of the molecule is C=C1c2c(nc(C#CCN3CCCCCC3)n2C)N(C)C(=O)N1C.CCCC. The van der Waals surface area contributed by atoms with Gasteiger partial charge in [0.15, 0.2) is 11.6 Å². The van der Waals surface area contributed by atoms with E-state index in [0.717, 1.165) is 25.3 Å². The van der Waals surface area contributed by atoms with Crippen LogP contribution in [0.2, 0.25) is 0 Å². The molecule has 0 unspecified atom stereocenters. The van der Waals surface area contributed by atoms with E-state index in [9.17, 15) is 4.79 Å². The van der Waals surface area contributed by atoms with Gasteiger partial charge >= 0.3 is 6.03 Å². The second-order valence-corrected chi connectivity index (χ2v) is 7.51. The van der Waals surface area contributed by atoms with Gasteiger partial charge in [-0.25, -0.2) is 9.78 Å². The van der Waals surface area contributed by atoms with Crippen molar-refractivity contribution in [1.29, 1.82) is 0 Å². The zero-order valence-electron chi connectivity index (χ0n) is 18.2. The molecule has 2 aliphatic heterocycles. The van der Waals surface area contributed by atoms with Crippen molar-refractivity contribution in [3.63, 3.8) is 0 Å². The predicted octanol–water partition coefficient (Wildman–Crippen LogP) is 3.93. The lowest BCUT2D eigenvalue weighted by Crippen LogP contribution is -2.42. The molecule has 0 aromatic carbocycles. The maximum atomic E-state index is 12.2. The highest BCUT2D eigenvalue weighted by Gasteiger charge is 2.33. The van der Waals surface area contributed by atoms with Gasteiger partial charge < -0.3 is 4.57 Å². The van der Waals surface area contributed by atoms with E-state index in [1.54, 1.807) is 23.9 Å². The van der Waals surface area contributed by atoms with E-state index in [1.807, 2.05) is 11.6 Å². The largest absolute Gasteiger partial charge is 0.329 e. The Kier molecular flexibility index (Phi) is 8.13. The van der Waals surface area contributed by atoms with Gasteiger partial charge in [0, 0.05) is 21.1 Å². The van der Waals surface area contributed by atoms with Crippen LogP contribution in [-0.2, 0) is 7.05 Å². The van der Waals surface area contributed by atoms with Crippen molar-refractivity contribution in [3.8, 4) is 11.8 Å². The Hall–Kier alpha value is -2.26. The molecule has 1 aromatic rings. The Morgan fingerprint density at radius 1 is 1.00 bits per heavy atom. The minimum absolute atomic E-state index is 0.130. The number of hydrogen-bond acceptors (Lipinski definition) is 3. The molecule has 3 rings (SSSR count). The first-order valence-electron chi connectivity index (χ1n) is 10.4. The number of amides is 2. The molecular formula is C22H35N5O. The predicted molar refractivity (Wildman–Crippen MR) is 116 cm³/mol. The Morgan fingerprint density at radius 3 is 2.18 bits per heavy atom. The standard InChI is InChI=1S/C18H25N5O.C4H10/c1-14-16-17(22(4)18(24)20(14)2)19-15(21(16)3)10-9-13-23-11-7-5-6-8-12-23;1-3-4-2/h1,5-8,11-13H2,2-4H3;3-4H2,1-2H3. The van der Waals surface area contributed by atoms with E-state index in [0.29, 0.717) is 17.3 Å². The number of likely N-dealkylation sites (tertiary alicyclic amines) is 1. The highest BCUT2D eigenvalue weighted by Crippen LogP contribution is 2.32. The molecule has 0 radical (unpaired) electrons. The summed E-state index contributed by atoms with van der Waals surface area (Å²) in [5, 5.41) is 0. The molecular weight excluding hydrogens is 350 g/mol. The highest BCUT2D eigenvalue weighted by molar-refractivity contribution is 6.02. The number of urea groups is 1. The number of carbonyl (C=O) groups excluding carboxylic acids is 1. The van der Waals surface area contributed by atoms with Gasteiger partial charge in [0.2, 0.25) is 0 Å². The molecule has 0 atom stereocenters. The van der Waals surface area contributed by atoms with Crippen LogP contribution in [0.25, 0.3) is 5.70 Å². The third kappa shape index (κ3) is 4.96. The Morgan fingerprint density at radius 2 is 1.61 bits per heavy atom. The lowest BCUT2D eigenvalue weighted by atomic mass is 10.2. The third-order valence-corrected chi connectivity index (χ3v) is 5.35. The minimum atomic E-state index is -0.130. The Labute approximate surface area is 170 Å². The van der Waals surface area contributed by atoms with Crippen molar-refractivity contribution < 1.29 is 4.79 Å². The molecule has 3 heterocycles. The van der Waals surface area contributed by atoms with Gasteiger partial charge in [0.1, 0.15) is 5.69 Å². The molecule has 0 saturated carbocycles. The fraction of sp³-hybridized carbons (Fsp3) is 0.636. The van der Waals surface area contributed by atoms with Crippen LogP contribution in [0.15, 0.2) is 6.58 Å². The van der Waals surface area contributed by atoms with Crippen molar-refractivity contribution in [2.45, 2.75) is 52.4 Å². The van der Waals surface area contributed by atoms with Crippen molar-refractivity contribution in [1.82, 2.24) is 19.4 Å². The first kappa shape index (κ1) is 22.0. The summed E-state index contributed by atoms with van der Waals surface area (Å²) in [6.07, 6.45) is 7.81. The van der Waals surface area contributed by atoms with Crippen molar-refractivity contribution in [2.24, 2.45) is 7.05 Å². The number of nitrogens with zero attached hydrogens (tertiary/aromatic N) is 5. The van der Waals surface area contributed by atoms with Gasteiger partial charge in [-0.3, -0.25) is 14.7 Å². The zero-order chi connectivity index (χ0) is 20.7. The monoisotopic (exact) mass is 385 g/mol. The van der Waals surface area contributed by atoms with Crippen LogP contribution < -0.4 is 4.90 Å². The number of anilines is 1. The zero-order valence-corrected chi connectivity index (χ0v) is 18.2. The second kappa shape index (κ2) is 10.3. The molecule has 154 valence electrons. The summed E-state index contributed by atoms with van der Waals surface area (Å²) < 4.78 is 1.92. The van der Waals surface area contributed by atoms with E-state index in [2.05, 4.69) is 42.2 Å². The molecule has 0 aliphatic carbocycles. The molecule has 6 heteroatoms. The van der Waals surface area contributed by atoms with E-state index in [-0.39, 0.29) is 6.03 Å². The molecule has 2 amide bonds. The van der Waals surface area contributed by atoms with Crippen LogP contribution in [0.5, 0.6) is 0 Å². The molecule has 28 heavy (non-hydrogen) atoms. The van der Waals surface area contributed by atoms with Gasteiger partial charge in [-0.05, 0) is 31.9 Å². The van der Waals surface area contributed by atoms with E-state index in [4.69, 9.17) is 0 Å². The molecule has 6 nitrogen and oxygen atoms in total. The fourth-order valence-electron chi connectivity index (χ4n) is 3.27. The Bertz CT molecular complexity index is 745. The summed E-state index contributed by atoms with van der Waals surface area (Å²) in [5.41, 5.74) is 1.50. The average molecular weight is 386 g/mol. The molecule has 0 N–H and O–H groups in total. The summed E-state index contributed by atoms with van der Waals surface area (Å²) in [6.45, 7) is 11.4. The van der Waals surface area contributed by atoms with E-state index >= 15 is 0 Å². The molecule has 1 aromatic heterocycles. The highest BCUT2D eigenvalue weighted by atomic mass is 16.2. The first-order chi connectivity index (χ1) is 13.4. The number of rotatable bonds is 2. The summed E-state index contributed by atoms with van der Waals surface area (Å²) in [5.74, 6) is 7.72. The van der Waals surface area contributed by atoms with Gasteiger partial charge in [0.05, 0.1) is 12.2 Å². The van der Waals surface area contributed by atoms with Crippen molar-refractivity contribution in [3.05, 3.63) is 18.1 Å². The smallest absolute Gasteiger partial charge is 0.317 e. The molecule has 1 saturated heterocycles. The minimum Gasteiger partial charge on any atom is -0.317 e. The quantitative estimate of drug-likeness (QED) is 0.725. The Balaban J connectivity index is 0.000000640. The first-order valence-corrected chi connectivity index (χ1v) is 10.4. The number of hydrogen-bond donors (Lipinski definition) is 0. The lowest BCUT2D eigenvalue weighted by Gasteiger charge is -2.31. The van der Waals surface area contributed by atoms with Crippen molar-refractivity contribution in [2.75, 3.05) is 38.6 Å². The number of aromatic nitrogens is 2. The molecule has 2 aliphatic rings. The van der Waals surface area contributed by atoms with Crippen LogP contribution in [0, 0.1) is 11.8 Å². The summed E-state index contributed by atoms with van der Waals surface area (Å²) >= 11 is 0.